The number of hydrogen-bond acceptors (Lipinski definition) is 1. The molecule has 2 unspecified atom stereocenters. The molecule has 2 rings (SSSR count). The van der Waals surface area contributed by atoms with Gasteiger partial charge in [-0.25, -0.2) is 0 Å². The summed E-state index contributed by atoms with van der Waals surface area (Å²) in [5.41, 5.74) is 1.32. The third kappa shape index (κ3) is 4.38. The Hall–Kier alpha value is -0.240. The van der Waals surface area contributed by atoms with Crippen LogP contribution in [0.25, 0.3) is 0 Å². The Morgan fingerprint density at radius 2 is 1.70 bits per heavy atom. The van der Waals surface area contributed by atoms with E-state index in [1.165, 1.54) is 19.3 Å². The quantitative estimate of drug-likeness (QED) is 0.791. The van der Waals surface area contributed by atoms with Gasteiger partial charge in [-0.15, -0.1) is 0 Å². The fourth-order valence-corrected chi connectivity index (χ4v) is 3.63. The molecule has 2 atom stereocenters. The van der Waals surface area contributed by atoms with Gasteiger partial charge in [-0.05, 0) is 76.1 Å². The van der Waals surface area contributed by atoms with E-state index in [4.69, 9.17) is 23.2 Å². The minimum atomic E-state index is 0.190. The van der Waals surface area contributed by atoms with Crippen molar-refractivity contribution < 1.29 is 0 Å². The molecule has 112 valence electrons. The van der Waals surface area contributed by atoms with Crippen LogP contribution in [0.2, 0.25) is 10.0 Å². The van der Waals surface area contributed by atoms with E-state index >= 15 is 0 Å². The van der Waals surface area contributed by atoms with Crippen LogP contribution in [-0.2, 0) is 6.42 Å². The average molecular weight is 314 g/mol. The third-order valence-electron chi connectivity index (χ3n) is 4.24. The van der Waals surface area contributed by atoms with Gasteiger partial charge in [0.25, 0.3) is 0 Å². The first-order valence-corrected chi connectivity index (χ1v) is 8.30. The van der Waals surface area contributed by atoms with Gasteiger partial charge in [-0.1, -0.05) is 35.7 Å². The highest BCUT2D eigenvalue weighted by Crippen LogP contribution is 2.37. The highest BCUT2D eigenvalue weighted by Gasteiger charge is 2.29. The van der Waals surface area contributed by atoms with E-state index in [0.29, 0.717) is 5.92 Å². The Morgan fingerprint density at radius 1 is 1.10 bits per heavy atom. The summed E-state index contributed by atoms with van der Waals surface area (Å²) in [7, 11) is 0. The number of rotatable bonds is 4. The molecule has 1 aliphatic rings. The van der Waals surface area contributed by atoms with Gasteiger partial charge in [0.15, 0.2) is 0 Å². The zero-order chi connectivity index (χ0) is 14.8. The van der Waals surface area contributed by atoms with Crippen LogP contribution in [0.5, 0.6) is 0 Å². The Morgan fingerprint density at radius 3 is 2.30 bits per heavy atom. The molecule has 0 amide bonds. The van der Waals surface area contributed by atoms with Gasteiger partial charge in [-0.3, -0.25) is 0 Å². The van der Waals surface area contributed by atoms with Crippen LogP contribution in [0.4, 0.5) is 0 Å². The van der Waals surface area contributed by atoms with Gasteiger partial charge >= 0.3 is 0 Å². The van der Waals surface area contributed by atoms with E-state index in [1.54, 1.807) is 0 Å². The van der Waals surface area contributed by atoms with Gasteiger partial charge in [-0.2, -0.15) is 0 Å². The summed E-state index contributed by atoms with van der Waals surface area (Å²) in [6.07, 6.45) is 4.94. The maximum atomic E-state index is 6.31. The lowest BCUT2D eigenvalue weighted by Gasteiger charge is -2.27. The Labute approximate surface area is 133 Å². The first-order chi connectivity index (χ1) is 9.37. The molecule has 0 radical (unpaired) electrons. The van der Waals surface area contributed by atoms with Crippen LogP contribution in [0, 0.1) is 11.8 Å². The van der Waals surface area contributed by atoms with Crippen molar-refractivity contribution in [3.63, 3.8) is 0 Å². The van der Waals surface area contributed by atoms with Crippen molar-refractivity contribution in [2.75, 3.05) is 6.54 Å². The first kappa shape index (κ1) is 16.1. The Kier molecular flexibility index (Phi) is 5.39. The van der Waals surface area contributed by atoms with Gasteiger partial charge in [0.2, 0.25) is 0 Å². The fraction of sp³-hybridized carbons (Fsp3) is 0.647. The molecular weight excluding hydrogens is 289 g/mol. The van der Waals surface area contributed by atoms with Crippen molar-refractivity contribution >= 4 is 23.2 Å². The number of nitrogens with one attached hydrogen (secondary N) is 1. The van der Waals surface area contributed by atoms with Gasteiger partial charge in [0, 0.05) is 15.6 Å². The minimum absolute atomic E-state index is 0.190. The highest BCUT2D eigenvalue weighted by molar-refractivity contribution is 6.35. The summed E-state index contributed by atoms with van der Waals surface area (Å²) in [5.74, 6) is 1.43. The summed E-state index contributed by atoms with van der Waals surface area (Å²) < 4.78 is 0. The second-order valence-electron chi connectivity index (χ2n) is 6.99. The molecular formula is C17H25Cl2N. The summed E-state index contributed by atoms with van der Waals surface area (Å²) in [5, 5.41) is 5.27. The predicted octanol–water partition coefficient (Wildman–Crippen LogP) is 5.34. The molecule has 0 bridgehead atoms. The molecule has 0 aliphatic heterocycles. The summed E-state index contributed by atoms with van der Waals surface area (Å²) in [6, 6.07) is 5.81. The van der Waals surface area contributed by atoms with Crippen LogP contribution in [-0.4, -0.2) is 12.1 Å². The molecule has 1 aromatic rings. The van der Waals surface area contributed by atoms with Crippen molar-refractivity contribution in [3.05, 3.63) is 33.8 Å². The molecule has 1 fully saturated rings. The van der Waals surface area contributed by atoms with Crippen molar-refractivity contribution in [3.8, 4) is 0 Å². The zero-order valence-electron chi connectivity index (χ0n) is 12.7. The van der Waals surface area contributed by atoms with Crippen molar-refractivity contribution in [1.29, 1.82) is 0 Å². The SMILES string of the molecule is CC(C)(C)NCC1CCCC1Cc1c(Cl)cccc1Cl. The molecule has 20 heavy (non-hydrogen) atoms. The zero-order valence-corrected chi connectivity index (χ0v) is 14.2. The average Bonchev–Trinajstić information content (AvgIpc) is 2.78. The highest BCUT2D eigenvalue weighted by atomic mass is 35.5. The summed E-state index contributed by atoms with van der Waals surface area (Å²) in [6.45, 7) is 7.77. The van der Waals surface area contributed by atoms with Gasteiger partial charge in [0.05, 0.1) is 0 Å². The molecule has 1 aliphatic carbocycles. The van der Waals surface area contributed by atoms with Crippen molar-refractivity contribution in [2.45, 2.75) is 52.0 Å². The van der Waals surface area contributed by atoms with Crippen LogP contribution in [0.15, 0.2) is 18.2 Å². The summed E-state index contributed by atoms with van der Waals surface area (Å²) >= 11 is 12.6. The molecule has 1 nitrogen and oxygen atoms in total. The monoisotopic (exact) mass is 313 g/mol. The van der Waals surface area contributed by atoms with E-state index in [0.717, 1.165) is 34.5 Å². The number of halogens is 2. The smallest absolute Gasteiger partial charge is 0.0452 e. The maximum Gasteiger partial charge on any atom is 0.0452 e. The normalized spacial score (nSPS) is 23.2. The lowest BCUT2D eigenvalue weighted by Crippen LogP contribution is -2.40. The maximum absolute atomic E-state index is 6.31. The summed E-state index contributed by atoms with van der Waals surface area (Å²) in [4.78, 5) is 0. The molecule has 1 N–H and O–H groups in total. The third-order valence-corrected chi connectivity index (χ3v) is 4.95. The van der Waals surface area contributed by atoms with Crippen molar-refractivity contribution in [2.24, 2.45) is 11.8 Å². The van der Waals surface area contributed by atoms with Gasteiger partial charge < -0.3 is 5.32 Å². The van der Waals surface area contributed by atoms with Crippen LogP contribution < -0.4 is 5.32 Å². The van der Waals surface area contributed by atoms with Crippen LogP contribution in [0.3, 0.4) is 0 Å². The van der Waals surface area contributed by atoms with Crippen LogP contribution in [0.1, 0.15) is 45.6 Å². The van der Waals surface area contributed by atoms with E-state index in [1.807, 2.05) is 18.2 Å². The second kappa shape index (κ2) is 6.68. The molecule has 0 heterocycles. The minimum Gasteiger partial charge on any atom is -0.312 e. The Balaban J connectivity index is 2.01. The Bertz CT molecular complexity index is 431. The second-order valence-corrected chi connectivity index (χ2v) is 7.80. The molecule has 0 saturated heterocycles. The topological polar surface area (TPSA) is 12.0 Å². The number of hydrogen-bond donors (Lipinski definition) is 1. The molecule has 1 saturated carbocycles. The molecule has 3 heteroatoms. The first-order valence-electron chi connectivity index (χ1n) is 7.55. The molecule has 1 aromatic carbocycles. The van der Waals surface area contributed by atoms with E-state index < -0.39 is 0 Å². The van der Waals surface area contributed by atoms with E-state index in [-0.39, 0.29) is 5.54 Å². The number of benzene rings is 1. The van der Waals surface area contributed by atoms with Crippen LogP contribution >= 0.6 is 23.2 Å². The van der Waals surface area contributed by atoms with E-state index in [9.17, 15) is 0 Å². The standard InChI is InChI=1S/C17H25Cl2N/c1-17(2,3)20-11-13-7-4-6-12(13)10-14-15(18)8-5-9-16(14)19/h5,8-9,12-13,20H,4,6-7,10-11H2,1-3H3. The predicted molar refractivity (Wildman–Crippen MR) is 88.8 cm³/mol. The molecule has 0 aromatic heterocycles. The lowest BCUT2D eigenvalue weighted by atomic mass is 9.89. The largest absolute Gasteiger partial charge is 0.312 e. The lowest BCUT2D eigenvalue weighted by molar-refractivity contribution is 0.317. The fourth-order valence-electron chi connectivity index (χ4n) is 3.08. The van der Waals surface area contributed by atoms with E-state index in [2.05, 4.69) is 26.1 Å². The van der Waals surface area contributed by atoms with Crippen molar-refractivity contribution in [1.82, 2.24) is 5.32 Å². The van der Waals surface area contributed by atoms with Gasteiger partial charge in [0.1, 0.15) is 0 Å². The molecule has 0 spiro atoms.